The molecule has 1 aromatic carbocycles. The van der Waals surface area contributed by atoms with Crippen LogP contribution in [0.25, 0.3) is 0 Å². The van der Waals surface area contributed by atoms with Gasteiger partial charge in [-0.2, -0.15) is 0 Å². The van der Waals surface area contributed by atoms with E-state index in [0.29, 0.717) is 36.5 Å². The van der Waals surface area contributed by atoms with Crippen molar-refractivity contribution in [3.63, 3.8) is 0 Å². The van der Waals surface area contributed by atoms with Gasteiger partial charge in [-0.05, 0) is 48.6 Å². The third kappa shape index (κ3) is 5.57. The number of rotatable bonds is 6. The Labute approximate surface area is 174 Å². The fourth-order valence-electron chi connectivity index (χ4n) is 3.17. The molecule has 1 aliphatic rings. The van der Waals surface area contributed by atoms with Crippen LogP contribution in [-0.4, -0.2) is 56.5 Å². The lowest BCUT2D eigenvalue weighted by molar-refractivity contribution is -0.152. The van der Waals surface area contributed by atoms with E-state index in [1.807, 2.05) is 42.6 Å². The first kappa shape index (κ1) is 20.9. The molecule has 0 saturated carbocycles. The summed E-state index contributed by atoms with van der Waals surface area (Å²) in [4.78, 5) is 41.1. The van der Waals surface area contributed by atoms with Gasteiger partial charge in [0.25, 0.3) is 11.8 Å². The molecule has 0 atom stereocenters. The number of ether oxygens (including phenoxy) is 1. The zero-order chi connectivity index (χ0) is 20.8. The highest BCUT2D eigenvalue weighted by molar-refractivity contribution is 7.12. The Morgan fingerprint density at radius 1 is 1.14 bits per heavy atom. The second-order valence-corrected chi connectivity index (χ2v) is 8.09. The first-order valence-electron chi connectivity index (χ1n) is 9.50. The van der Waals surface area contributed by atoms with Crippen molar-refractivity contribution in [2.24, 2.45) is 5.92 Å². The Balaban J connectivity index is 1.40. The van der Waals surface area contributed by atoms with Crippen molar-refractivity contribution in [2.45, 2.75) is 12.8 Å². The summed E-state index contributed by atoms with van der Waals surface area (Å²) in [6.07, 6.45) is 1.09. The van der Waals surface area contributed by atoms with Gasteiger partial charge in [-0.3, -0.25) is 14.4 Å². The molecule has 0 spiro atoms. The van der Waals surface area contributed by atoms with Gasteiger partial charge < -0.3 is 19.9 Å². The van der Waals surface area contributed by atoms with Crippen LogP contribution in [-0.2, 0) is 14.3 Å². The van der Waals surface area contributed by atoms with Crippen LogP contribution in [0.15, 0.2) is 41.8 Å². The van der Waals surface area contributed by atoms with Crippen LogP contribution in [0, 0.1) is 5.92 Å². The minimum atomic E-state index is -0.383. The van der Waals surface area contributed by atoms with Crippen molar-refractivity contribution < 1.29 is 19.1 Å². The van der Waals surface area contributed by atoms with Gasteiger partial charge in [-0.1, -0.05) is 6.07 Å². The molecule has 8 heteroatoms. The van der Waals surface area contributed by atoms with Crippen LogP contribution in [0.3, 0.4) is 0 Å². The number of likely N-dealkylation sites (tertiary alicyclic amines) is 1. The molecule has 1 fully saturated rings. The molecular formula is C21H25N3O4S. The highest BCUT2D eigenvalue weighted by atomic mass is 32.1. The Morgan fingerprint density at radius 3 is 2.41 bits per heavy atom. The standard InChI is InChI=1S/C21H25N3O4S/c1-23(2)17-7-5-16(6-8-17)22-19(25)14-28-21(27)15-9-11-24(12-10-15)20(26)18-4-3-13-29-18/h3-8,13,15H,9-12,14H2,1-2H3,(H,22,25). The summed E-state index contributed by atoms with van der Waals surface area (Å²) in [5.41, 5.74) is 1.68. The molecule has 1 N–H and O–H groups in total. The van der Waals surface area contributed by atoms with Crippen LogP contribution in [0.1, 0.15) is 22.5 Å². The molecule has 7 nitrogen and oxygen atoms in total. The summed E-state index contributed by atoms with van der Waals surface area (Å²) in [5, 5.41) is 4.59. The number of hydrogen-bond donors (Lipinski definition) is 1. The van der Waals surface area contributed by atoms with Gasteiger partial charge in [-0.15, -0.1) is 11.3 Å². The number of nitrogens with zero attached hydrogens (tertiary/aromatic N) is 2. The Hall–Kier alpha value is -2.87. The van der Waals surface area contributed by atoms with Crippen molar-refractivity contribution >= 4 is 40.5 Å². The lowest BCUT2D eigenvalue weighted by Gasteiger charge is -2.30. The average molecular weight is 416 g/mol. The van der Waals surface area contributed by atoms with Crippen LogP contribution < -0.4 is 10.2 Å². The molecule has 1 aliphatic heterocycles. The molecule has 0 aliphatic carbocycles. The lowest BCUT2D eigenvalue weighted by Crippen LogP contribution is -2.40. The second kappa shape index (κ2) is 9.56. The Bertz CT molecular complexity index is 841. The fraction of sp³-hybridized carbons (Fsp3) is 0.381. The van der Waals surface area contributed by atoms with E-state index in [1.165, 1.54) is 11.3 Å². The molecule has 154 valence electrons. The smallest absolute Gasteiger partial charge is 0.309 e. The van der Waals surface area contributed by atoms with Crippen LogP contribution in [0.5, 0.6) is 0 Å². The molecule has 0 radical (unpaired) electrons. The molecule has 2 heterocycles. The number of carbonyl (C=O) groups excluding carboxylic acids is 3. The predicted octanol–water partition coefficient (Wildman–Crippen LogP) is 2.85. The minimum absolute atomic E-state index is 0.00600. The summed E-state index contributed by atoms with van der Waals surface area (Å²) in [6, 6.07) is 11.0. The van der Waals surface area contributed by atoms with E-state index in [4.69, 9.17) is 4.74 Å². The number of anilines is 2. The van der Waals surface area contributed by atoms with Gasteiger partial charge in [0.2, 0.25) is 0 Å². The Kier molecular flexibility index (Phi) is 6.87. The summed E-state index contributed by atoms with van der Waals surface area (Å²) >= 11 is 1.42. The zero-order valence-electron chi connectivity index (χ0n) is 16.6. The first-order chi connectivity index (χ1) is 13.9. The van der Waals surface area contributed by atoms with E-state index in [1.54, 1.807) is 23.1 Å². The van der Waals surface area contributed by atoms with Gasteiger partial charge in [-0.25, -0.2) is 0 Å². The van der Waals surface area contributed by atoms with Gasteiger partial charge in [0.15, 0.2) is 6.61 Å². The molecule has 3 rings (SSSR count). The lowest BCUT2D eigenvalue weighted by atomic mass is 9.97. The van der Waals surface area contributed by atoms with Crippen molar-refractivity contribution in [1.29, 1.82) is 0 Å². The normalized spacial score (nSPS) is 14.3. The summed E-state index contributed by atoms with van der Waals surface area (Å²) in [5.74, 6) is -1.03. The molecule has 2 aromatic rings. The number of amides is 2. The van der Waals surface area contributed by atoms with Crippen molar-refractivity contribution in [3.05, 3.63) is 46.7 Å². The number of piperidine rings is 1. The quantitative estimate of drug-likeness (QED) is 0.734. The minimum Gasteiger partial charge on any atom is -0.455 e. The maximum absolute atomic E-state index is 12.3. The second-order valence-electron chi connectivity index (χ2n) is 7.14. The topological polar surface area (TPSA) is 79.0 Å². The SMILES string of the molecule is CN(C)c1ccc(NC(=O)COC(=O)C2CCN(C(=O)c3cccs3)CC2)cc1. The van der Waals surface area contributed by atoms with Gasteiger partial charge in [0, 0.05) is 38.6 Å². The van der Waals surface area contributed by atoms with E-state index in [2.05, 4.69) is 5.32 Å². The first-order valence-corrected chi connectivity index (χ1v) is 10.4. The highest BCUT2D eigenvalue weighted by Gasteiger charge is 2.29. The molecule has 1 saturated heterocycles. The number of nitrogens with one attached hydrogen (secondary N) is 1. The van der Waals surface area contributed by atoms with Crippen LogP contribution >= 0.6 is 11.3 Å². The van der Waals surface area contributed by atoms with Crippen molar-refractivity contribution in [3.8, 4) is 0 Å². The van der Waals surface area contributed by atoms with Crippen LogP contribution in [0.4, 0.5) is 11.4 Å². The zero-order valence-corrected chi connectivity index (χ0v) is 17.4. The van der Waals surface area contributed by atoms with Crippen LogP contribution in [0.2, 0.25) is 0 Å². The number of carbonyl (C=O) groups is 3. The van der Waals surface area contributed by atoms with E-state index >= 15 is 0 Å². The monoisotopic (exact) mass is 415 g/mol. The van der Waals surface area contributed by atoms with Crippen molar-refractivity contribution in [1.82, 2.24) is 4.90 Å². The summed E-state index contributed by atoms with van der Waals surface area (Å²) in [7, 11) is 3.88. The highest BCUT2D eigenvalue weighted by Crippen LogP contribution is 2.22. The average Bonchev–Trinajstić information content (AvgIpc) is 3.27. The predicted molar refractivity (Wildman–Crippen MR) is 113 cm³/mol. The maximum atomic E-state index is 12.3. The van der Waals surface area contributed by atoms with E-state index in [9.17, 15) is 14.4 Å². The van der Waals surface area contributed by atoms with E-state index in [-0.39, 0.29) is 30.3 Å². The molecular weight excluding hydrogens is 390 g/mol. The molecule has 1 aromatic heterocycles. The number of hydrogen-bond acceptors (Lipinski definition) is 6. The summed E-state index contributed by atoms with van der Waals surface area (Å²) < 4.78 is 5.18. The van der Waals surface area contributed by atoms with Gasteiger partial charge in [0.1, 0.15) is 0 Å². The molecule has 0 bridgehead atoms. The Morgan fingerprint density at radius 2 is 1.83 bits per heavy atom. The van der Waals surface area contributed by atoms with Crippen molar-refractivity contribution in [2.75, 3.05) is 44.0 Å². The molecule has 29 heavy (non-hydrogen) atoms. The maximum Gasteiger partial charge on any atom is 0.309 e. The largest absolute Gasteiger partial charge is 0.455 e. The van der Waals surface area contributed by atoms with E-state index in [0.717, 1.165) is 5.69 Å². The molecule has 2 amide bonds. The summed E-state index contributed by atoms with van der Waals surface area (Å²) in [6.45, 7) is 0.713. The number of benzene rings is 1. The third-order valence-electron chi connectivity index (χ3n) is 4.86. The third-order valence-corrected chi connectivity index (χ3v) is 5.72. The molecule has 0 unspecified atom stereocenters. The number of esters is 1. The van der Waals surface area contributed by atoms with Gasteiger partial charge in [0.05, 0.1) is 10.8 Å². The number of thiophene rings is 1. The van der Waals surface area contributed by atoms with E-state index < -0.39 is 0 Å². The van der Waals surface area contributed by atoms with Gasteiger partial charge >= 0.3 is 5.97 Å². The fourth-order valence-corrected chi connectivity index (χ4v) is 3.86.